The summed E-state index contributed by atoms with van der Waals surface area (Å²) in [5.74, 6) is -0.168. The highest BCUT2D eigenvalue weighted by Gasteiger charge is 2.40. The zero-order valence-corrected chi connectivity index (χ0v) is 13.7. The average molecular weight is 344 g/mol. The number of rotatable bonds is 5. The normalized spacial score (nSPS) is 16.6. The molecule has 7 nitrogen and oxygen atoms in total. The summed E-state index contributed by atoms with van der Waals surface area (Å²) in [5.41, 5.74) is -0.791. The van der Waals surface area contributed by atoms with Crippen molar-refractivity contribution in [2.24, 2.45) is 0 Å². The van der Waals surface area contributed by atoms with Gasteiger partial charge in [0.25, 0.3) is 0 Å². The second-order valence-corrected chi connectivity index (χ2v) is 6.20. The highest BCUT2D eigenvalue weighted by atomic mass is 16.4. The van der Waals surface area contributed by atoms with Gasteiger partial charge in [-0.15, -0.1) is 0 Å². The van der Waals surface area contributed by atoms with Gasteiger partial charge in [-0.25, -0.2) is 9.78 Å². The molecular formula is C18H20N2O5. The van der Waals surface area contributed by atoms with Crippen LogP contribution >= 0.6 is 0 Å². The molecule has 1 aliphatic rings. The predicted molar refractivity (Wildman–Crippen MR) is 88.7 cm³/mol. The summed E-state index contributed by atoms with van der Waals surface area (Å²) in [4.78, 5) is 29.0. The van der Waals surface area contributed by atoms with Crippen molar-refractivity contribution in [3.05, 3.63) is 42.4 Å². The first-order chi connectivity index (χ1) is 12.0. The first kappa shape index (κ1) is 17.2. The van der Waals surface area contributed by atoms with Crippen LogP contribution in [-0.2, 0) is 16.0 Å². The largest absolute Gasteiger partial charge is 0.479 e. The number of hydrogen-bond donors (Lipinski definition) is 2. The first-order valence-corrected chi connectivity index (χ1v) is 8.22. The molecule has 0 bridgehead atoms. The number of carbonyl (C=O) groups is 2. The monoisotopic (exact) mass is 344 g/mol. The Balaban J connectivity index is 1.52. The van der Waals surface area contributed by atoms with Gasteiger partial charge in [-0.1, -0.05) is 30.3 Å². The number of amides is 1. The van der Waals surface area contributed by atoms with E-state index in [9.17, 15) is 14.7 Å². The number of carboxylic acid groups (broad SMARTS) is 1. The Hall–Kier alpha value is -2.67. The van der Waals surface area contributed by atoms with Crippen LogP contribution in [0.4, 0.5) is 0 Å². The lowest BCUT2D eigenvalue weighted by molar-refractivity contribution is -0.165. The Bertz CT molecular complexity index is 748. The molecule has 1 aromatic carbocycles. The van der Waals surface area contributed by atoms with Crippen LogP contribution in [-0.4, -0.2) is 50.7 Å². The molecule has 7 heteroatoms. The van der Waals surface area contributed by atoms with Crippen molar-refractivity contribution in [3.63, 3.8) is 0 Å². The molecule has 2 heterocycles. The number of likely N-dealkylation sites (tertiary alicyclic amines) is 1. The van der Waals surface area contributed by atoms with Crippen LogP contribution in [0.2, 0.25) is 0 Å². The summed E-state index contributed by atoms with van der Waals surface area (Å²) in [6, 6.07) is 9.59. The Labute approximate surface area is 144 Å². The fourth-order valence-electron chi connectivity index (χ4n) is 2.87. The lowest BCUT2D eigenvalue weighted by Crippen LogP contribution is -2.50. The van der Waals surface area contributed by atoms with Crippen molar-refractivity contribution in [2.45, 2.75) is 31.3 Å². The Morgan fingerprint density at radius 1 is 1.20 bits per heavy atom. The number of carbonyl (C=O) groups excluding carboxylic acids is 1. The fraction of sp³-hybridized carbons (Fsp3) is 0.389. The molecule has 1 aromatic heterocycles. The van der Waals surface area contributed by atoms with Gasteiger partial charge >= 0.3 is 5.97 Å². The highest BCUT2D eigenvalue weighted by molar-refractivity contribution is 5.79. The quantitative estimate of drug-likeness (QED) is 0.856. The van der Waals surface area contributed by atoms with Crippen LogP contribution in [0.15, 0.2) is 40.9 Å². The maximum atomic E-state index is 12.3. The number of aryl methyl sites for hydroxylation is 1. The molecule has 1 saturated heterocycles. The molecule has 3 rings (SSSR count). The van der Waals surface area contributed by atoms with Crippen molar-refractivity contribution in [3.8, 4) is 11.3 Å². The van der Waals surface area contributed by atoms with Crippen molar-refractivity contribution in [2.75, 3.05) is 13.1 Å². The fourth-order valence-corrected chi connectivity index (χ4v) is 2.87. The number of aliphatic carboxylic acids is 1. The number of oxazole rings is 1. The minimum atomic E-state index is -1.72. The topological polar surface area (TPSA) is 104 Å². The van der Waals surface area contributed by atoms with Crippen LogP contribution < -0.4 is 0 Å². The highest BCUT2D eigenvalue weighted by Crippen LogP contribution is 2.24. The molecule has 0 atom stereocenters. The SMILES string of the molecule is O=C(CCc1ncc(-c2ccccc2)o1)N1CCC(O)(C(=O)O)CC1. The van der Waals surface area contributed by atoms with Gasteiger partial charge in [-0.3, -0.25) is 4.79 Å². The molecule has 1 aliphatic heterocycles. The van der Waals surface area contributed by atoms with E-state index in [4.69, 9.17) is 9.52 Å². The molecule has 2 N–H and O–H groups in total. The predicted octanol–water partition coefficient (Wildman–Crippen LogP) is 1.71. The summed E-state index contributed by atoms with van der Waals surface area (Å²) in [6.07, 6.45) is 2.35. The molecule has 0 unspecified atom stereocenters. The van der Waals surface area contributed by atoms with E-state index < -0.39 is 11.6 Å². The number of nitrogens with zero attached hydrogens (tertiary/aromatic N) is 2. The molecule has 1 amide bonds. The molecule has 0 spiro atoms. The van der Waals surface area contributed by atoms with Crippen molar-refractivity contribution in [1.29, 1.82) is 0 Å². The standard InChI is InChI=1S/C18H20N2O5/c21-16(20-10-8-18(24,9-11-20)17(22)23)7-6-15-19-12-14(25-15)13-4-2-1-3-5-13/h1-5,12,24H,6-11H2,(H,22,23). The summed E-state index contributed by atoms with van der Waals surface area (Å²) >= 11 is 0. The number of aromatic nitrogens is 1. The van der Waals surface area contributed by atoms with E-state index in [-0.39, 0.29) is 38.3 Å². The zero-order chi connectivity index (χ0) is 17.9. The molecule has 2 aromatic rings. The van der Waals surface area contributed by atoms with Gasteiger partial charge in [-0.05, 0) is 0 Å². The molecule has 0 saturated carbocycles. The van der Waals surface area contributed by atoms with Crippen LogP contribution in [0.3, 0.4) is 0 Å². The van der Waals surface area contributed by atoms with E-state index in [0.29, 0.717) is 18.1 Å². The van der Waals surface area contributed by atoms with E-state index in [1.165, 1.54) is 0 Å². The molecule has 25 heavy (non-hydrogen) atoms. The number of hydrogen-bond acceptors (Lipinski definition) is 5. The van der Waals surface area contributed by atoms with Gasteiger partial charge < -0.3 is 19.5 Å². The van der Waals surface area contributed by atoms with E-state index in [0.717, 1.165) is 5.56 Å². The van der Waals surface area contributed by atoms with E-state index in [2.05, 4.69) is 4.98 Å². The summed E-state index contributed by atoms with van der Waals surface area (Å²) in [6.45, 7) is 0.477. The maximum absolute atomic E-state index is 12.3. The summed E-state index contributed by atoms with van der Waals surface area (Å²) in [5, 5.41) is 18.9. The Morgan fingerprint density at radius 3 is 2.52 bits per heavy atom. The summed E-state index contributed by atoms with van der Waals surface area (Å²) in [7, 11) is 0. The van der Waals surface area contributed by atoms with Gasteiger partial charge in [0.05, 0.1) is 6.20 Å². The first-order valence-electron chi connectivity index (χ1n) is 8.22. The van der Waals surface area contributed by atoms with Gasteiger partial charge in [-0.2, -0.15) is 0 Å². The second-order valence-electron chi connectivity index (χ2n) is 6.20. The molecule has 0 radical (unpaired) electrons. The van der Waals surface area contributed by atoms with E-state index in [1.54, 1.807) is 11.1 Å². The van der Waals surface area contributed by atoms with Crippen LogP contribution in [0.1, 0.15) is 25.2 Å². The minimum Gasteiger partial charge on any atom is -0.479 e. The van der Waals surface area contributed by atoms with Crippen molar-refractivity contribution in [1.82, 2.24) is 9.88 Å². The van der Waals surface area contributed by atoms with Crippen LogP contribution in [0.5, 0.6) is 0 Å². The Morgan fingerprint density at radius 2 is 1.88 bits per heavy atom. The van der Waals surface area contributed by atoms with Gasteiger partial charge in [0.15, 0.2) is 17.3 Å². The average Bonchev–Trinajstić information content (AvgIpc) is 3.10. The van der Waals surface area contributed by atoms with E-state index in [1.807, 2.05) is 30.3 Å². The lowest BCUT2D eigenvalue weighted by atomic mass is 9.91. The Kier molecular flexibility index (Phi) is 4.85. The third kappa shape index (κ3) is 3.88. The van der Waals surface area contributed by atoms with Gasteiger partial charge in [0, 0.05) is 44.3 Å². The second kappa shape index (κ2) is 7.06. The minimum absolute atomic E-state index is 0.0469. The third-order valence-corrected chi connectivity index (χ3v) is 4.51. The van der Waals surface area contributed by atoms with Crippen molar-refractivity contribution < 1.29 is 24.2 Å². The molecule has 0 aliphatic carbocycles. The number of aliphatic hydroxyl groups is 1. The number of piperidine rings is 1. The van der Waals surface area contributed by atoms with Crippen LogP contribution in [0.25, 0.3) is 11.3 Å². The zero-order valence-electron chi connectivity index (χ0n) is 13.7. The molecule has 132 valence electrons. The maximum Gasteiger partial charge on any atom is 0.335 e. The van der Waals surface area contributed by atoms with Crippen LogP contribution in [0, 0.1) is 0 Å². The third-order valence-electron chi connectivity index (χ3n) is 4.51. The molecule has 1 fully saturated rings. The number of benzene rings is 1. The van der Waals surface area contributed by atoms with Crippen molar-refractivity contribution >= 4 is 11.9 Å². The van der Waals surface area contributed by atoms with Gasteiger partial charge in [0.1, 0.15) is 0 Å². The number of carboxylic acids is 1. The van der Waals surface area contributed by atoms with E-state index >= 15 is 0 Å². The molecular weight excluding hydrogens is 324 g/mol. The lowest BCUT2D eigenvalue weighted by Gasteiger charge is -2.35. The summed E-state index contributed by atoms with van der Waals surface area (Å²) < 4.78 is 5.67. The van der Waals surface area contributed by atoms with Gasteiger partial charge in [0.2, 0.25) is 5.91 Å². The smallest absolute Gasteiger partial charge is 0.335 e.